The lowest BCUT2D eigenvalue weighted by Crippen LogP contribution is -2.07. The second kappa shape index (κ2) is 6.67. The minimum Gasteiger partial charge on any atom is -0.489 e. The van der Waals surface area contributed by atoms with Gasteiger partial charge >= 0.3 is 5.97 Å². The van der Waals surface area contributed by atoms with E-state index in [2.05, 4.69) is 0 Å². The maximum absolute atomic E-state index is 11.6. The van der Waals surface area contributed by atoms with E-state index in [1.807, 2.05) is 25.1 Å². The first-order chi connectivity index (χ1) is 7.79. The maximum atomic E-state index is 11.6. The topological polar surface area (TPSA) is 35.5 Å². The number of carbonyl (C=O) groups excluding carboxylic acids is 1. The summed E-state index contributed by atoms with van der Waals surface area (Å²) in [5.41, 5.74) is 0.467. The molecule has 0 spiro atoms. The summed E-state index contributed by atoms with van der Waals surface area (Å²) in [5, 5.41) is 0. The molecule has 3 heteroatoms. The first-order valence-electron chi connectivity index (χ1n) is 5.29. The van der Waals surface area contributed by atoms with Crippen LogP contribution in [0.2, 0.25) is 0 Å². The maximum Gasteiger partial charge on any atom is 0.341 e. The molecule has 0 heterocycles. The SMILES string of the molecule is C/C=C/COc1ccccc1C(=O)OCC. The molecule has 0 amide bonds. The highest BCUT2D eigenvalue weighted by Crippen LogP contribution is 2.18. The van der Waals surface area contributed by atoms with Crippen LogP contribution in [0.25, 0.3) is 0 Å². The van der Waals surface area contributed by atoms with Gasteiger partial charge in [0.15, 0.2) is 0 Å². The zero-order chi connectivity index (χ0) is 11.8. The van der Waals surface area contributed by atoms with Crippen molar-refractivity contribution in [1.82, 2.24) is 0 Å². The quantitative estimate of drug-likeness (QED) is 0.565. The molecule has 0 N–H and O–H groups in total. The lowest BCUT2D eigenvalue weighted by Gasteiger charge is -2.08. The Bertz CT molecular complexity index is 369. The summed E-state index contributed by atoms with van der Waals surface area (Å²) in [6.45, 7) is 4.51. The van der Waals surface area contributed by atoms with E-state index >= 15 is 0 Å². The second-order valence-electron chi connectivity index (χ2n) is 3.10. The van der Waals surface area contributed by atoms with Crippen LogP contribution in [0.1, 0.15) is 24.2 Å². The van der Waals surface area contributed by atoms with Crippen LogP contribution < -0.4 is 4.74 Å². The fourth-order valence-electron chi connectivity index (χ4n) is 1.20. The number of para-hydroxylation sites is 1. The molecule has 0 unspecified atom stereocenters. The Kier molecular flexibility index (Phi) is 5.12. The molecule has 0 fully saturated rings. The Hall–Kier alpha value is -1.77. The summed E-state index contributed by atoms with van der Waals surface area (Å²) < 4.78 is 10.4. The van der Waals surface area contributed by atoms with Crippen LogP contribution in [-0.2, 0) is 4.74 Å². The van der Waals surface area contributed by atoms with E-state index in [0.717, 1.165) is 0 Å². The van der Waals surface area contributed by atoms with Gasteiger partial charge in [-0.25, -0.2) is 4.79 Å². The number of carbonyl (C=O) groups is 1. The molecule has 0 radical (unpaired) electrons. The molecular formula is C13H16O3. The van der Waals surface area contributed by atoms with Gasteiger partial charge < -0.3 is 9.47 Å². The first-order valence-corrected chi connectivity index (χ1v) is 5.29. The van der Waals surface area contributed by atoms with Gasteiger partial charge in [0.25, 0.3) is 0 Å². The third-order valence-corrected chi connectivity index (χ3v) is 1.95. The van der Waals surface area contributed by atoms with Crippen LogP contribution in [-0.4, -0.2) is 19.2 Å². The Balaban J connectivity index is 2.78. The molecule has 0 aliphatic carbocycles. The van der Waals surface area contributed by atoms with Gasteiger partial charge in [0.2, 0.25) is 0 Å². The Morgan fingerprint density at radius 1 is 1.38 bits per heavy atom. The minimum atomic E-state index is -0.349. The van der Waals surface area contributed by atoms with Crippen molar-refractivity contribution < 1.29 is 14.3 Å². The molecule has 0 aromatic heterocycles. The van der Waals surface area contributed by atoms with E-state index in [-0.39, 0.29) is 5.97 Å². The molecule has 1 aromatic rings. The average molecular weight is 220 g/mol. The fourth-order valence-corrected chi connectivity index (χ4v) is 1.20. The summed E-state index contributed by atoms with van der Waals surface area (Å²) in [5.74, 6) is 0.206. The molecule has 86 valence electrons. The summed E-state index contributed by atoms with van der Waals surface area (Å²) in [7, 11) is 0. The van der Waals surface area contributed by atoms with Crippen LogP contribution >= 0.6 is 0 Å². The smallest absolute Gasteiger partial charge is 0.341 e. The van der Waals surface area contributed by atoms with E-state index < -0.39 is 0 Å². The third kappa shape index (κ3) is 3.42. The van der Waals surface area contributed by atoms with Crippen LogP contribution in [0.4, 0.5) is 0 Å². The Morgan fingerprint density at radius 2 is 2.12 bits per heavy atom. The van der Waals surface area contributed by atoms with Crippen molar-refractivity contribution >= 4 is 5.97 Å². The van der Waals surface area contributed by atoms with Crippen molar-refractivity contribution in [3.63, 3.8) is 0 Å². The number of hydrogen-bond donors (Lipinski definition) is 0. The van der Waals surface area contributed by atoms with E-state index in [0.29, 0.717) is 24.5 Å². The van der Waals surface area contributed by atoms with Crippen LogP contribution in [0.3, 0.4) is 0 Å². The highest BCUT2D eigenvalue weighted by molar-refractivity contribution is 5.92. The van der Waals surface area contributed by atoms with Gasteiger partial charge in [-0.15, -0.1) is 0 Å². The highest BCUT2D eigenvalue weighted by atomic mass is 16.5. The second-order valence-corrected chi connectivity index (χ2v) is 3.10. The van der Waals surface area contributed by atoms with Crippen LogP contribution in [0.5, 0.6) is 5.75 Å². The molecule has 1 rings (SSSR count). The van der Waals surface area contributed by atoms with Gasteiger partial charge in [-0.1, -0.05) is 24.3 Å². The van der Waals surface area contributed by atoms with Crippen molar-refractivity contribution in [2.75, 3.05) is 13.2 Å². The van der Waals surface area contributed by atoms with Gasteiger partial charge in [0, 0.05) is 0 Å². The minimum absolute atomic E-state index is 0.349. The number of hydrogen-bond acceptors (Lipinski definition) is 3. The number of allylic oxidation sites excluding steroid dienone is 1. The predicted octanol–water partition coefficient (Wildman–Crippen LogP) is 2.82. The number of ether oxygens (including phenoxy) is 2. The third-order valence-electron chi connectivity index (χ3n) is 1.95. The van der Waals surface area contributed by atoms with Gasteiger partial charge in [-0.2, -0.15) is 0 Å². The monoisotopic (exact) mass is 220 g/mol. The first kappa shape index (κ1) is 12.3. The molecule has 0 aliphatic heterocycles. The Morgan fingerprint density at radius 3 is 2.81 bits per heavy atom. The van der Waals surface area contributed by atoms with Gasteiger partial charge in [-0.05, 0) is 26.0 Å². The molecule has 0 atom stereocenters. The van der Waals surface area contributed by atoms with Crippen LogP contribution in [0.15, 0.2) is 36.4 Å². The van der Waals surface area contributed by atoms with E-state index in [1.54, 1.807) is 25.1 Å². The molecule has 0 saturated heterocycles. The summed E-state index contributed by atoms with van der Waals surface area (Å²) in [6, 6.07) is 7.07. The summed E-state index contributed by atoms with van der Waals surface area (Å²) >= 11 is 0. The molecule has 0 aliphatic rings. The zero-order valence-electron chi connectivity index (χ0n) is 9.60. The molecule has 0 saturated carbocycles. The number of benzene rings is 1. The van der Waals surface area contributed by atoms with Gasteiger partial charge in [0.05, 0.1) is 6.61 Å². The van der Waals surface area contributed by atoms with Gasteiger partial charge in [0.1, 0.15) is 17.9 Å². The van der Waals surface area contributed by atoms with Crippen LogP contribution in [0, 0.1) is 0 Å². The van der Waals surface area contributed by atoms with E-state index in [1.165, 1.54) is 0 Å². The lowest BCUT2D eigenvalue weighted by atomic mass is 10.2. The molecule has 16 heavy (non-hydrogen) atoms. The Labute approximate surface area is 95.7 Å². The zero-order valence-corrected chi connectivity index (χ0v) is 9.60. The summed E-state index contributed by atoms with van der Waals surface area (Å²) in [4.78, 5) is 11.6. The molecule has 1 aromatic carbocycles. The average Bonchev–Trinajstić information content (AvgIpc) is 2.30. The number of esters is 1. The van der Waals surface area contributed by atoms with Crippen molar-refractivity contribution in [3.05, 3.63) is 42.0 Å². The number of rotatable bonds is 5. The van der Waals surface area contributed by atoms with Crippen molar-refractivity contribution in [2.24, 2.45) is 0 Å². The fraction of sp³-hybridized carbons (Fsp3) is 0.308. The summed E-state index contributed by atoms with van der Waals surface area (Å²) in [6.07, 6.45) is 3.77. The molecule has 0 bridgehead atoms. The van der Waals surface area contributed by atoms with Gasteiger partial charge in [-0.3, -0.25) is 0 Å². The molecular weight excluding hydrogens is 204 g/mol. The standard InChI is InChI=1S/C13H16O3/c1-3-5-10-16-12-9-7-6-8-11(12)13(14)15-4-2/h3,5-9H,4,10H2,1-2H3/b5-3+. The van der Waals surface area contributed by atoms with E-state index in [4.69, 9.17) is 9.47 Å². The van der Waals surface area contributed by atoms with E-state index in [9.17, 15) is 4.79 Å². The van der Waals surface area contributed by atoms with Crippen molar-refractivity contribution in [2.45, 2.75) is 13.8 Å². The van der Waals surface area contributed by atoms with Crippen molar-refractivity contribution in [3.8, 4) is 5.75 Å². The normalized spacial score (nSPS) is 10.4. The largest absolute Gasteiger partial charge is 0.489 e. The lowest BCUT2D eigenvalue weighted by molar-refractivity contribution is 0.0522. The predicted molar refractivity (Wildman–Crippen MR) is 62.7 cm³/mol. The van der Waals surface area contributed by atoms with Crippen molar-refractivity contribution in [1.29, 1.82) is 0 Å². The molecule has 3 nitrogen and oxygen atoms in total. The highest BCUT2D eigenvalue weighted by Gasteiger charge is 2.12.